The number of fused-ring (bicyclic) bond motifs is 1. The SMILES string of the molecule is CC1(C)OB(c2cccc3nc(NC(=O)O)n(C(F)F)c23)OC1(C)C. The van der Waals surface area contributed by atoms with Gasteiger partial charge in [0, 0.05) is 5.46 Å². The van der Waals surface area contributed by atoms with Crippen molar-refractivity contribution in [2.24, 2.45) is 0 Å². The van der Waals surface area contributed by atoms with Gasteiger partial charge in [-0.25, -0.2) is 9.78 Å². The second kappa shape index (κ2) is 5.67. The number of amides is 1. The van der Waals surface area contributed by atoms with Crippen LogP contribution in [0.15, 0.2) is 18.2 Å². The second-order valence-corrected chi connectivity index (χ2v) is 6.82. The zero-order valence-corrected chi connectivity index (χ0v) is 14.2. The van der Waals surface area contributed by atoms with Crippen LogP contribution in [0.5, 0.6) is 0 Å². The van der Waals surface area contributed by atoms with Crippen molar-refractivity contribution in [1.82, 2.24) is 9.55 Å². The Balaban J connectivity index is 2.17. The number of carboxylic acid groups (broad SMARTS) is 1. The molecule has 2 aromatic rings. The van der Waals surface area contributed by atoms with Gasteiger partial charge >= 0.3 is 19.8 Å². The Morgan fingerprint density at radius 3 is 2.40 bits per heavy atom. The Hall–Kier alpha value is -2.20. The molecule has 1 saturated heterocycles. The molecule has 134 valence electrons. The predicted molar refractivity (Wildman–Crippen MR) is 88.3 cm³/mol. The molecule has 7 nitrogen and oxygen atoms in total. The molecule has 10 heteroatoms. The van der Waals surface area contributed by atoms with E-state index in [-0.39, 0.29) is 11.0 Å². The van der Waals surface area contributed by atoms with Crippen LogP contribution in [0.1, 0.15) is 34.2 Å². The number of nitrogens with zero attached hydrogens (tertiary/aromatic N) is 2. The van der Waals surface area contributed by atoms with E-state index in [1.165, 1.54) is 6.07 Å². The summed E-state index contributed by atoms with van der Waals surface area (Å²) in [5.41, 5.74) is -0.631. The molecule has 0 unspecified atom stereocenters. The molecule has 1 aliphatic heterocycles. The molecule has 2 N–H and O–H groups in total. The molecule has 0 bridgehead atoms. The first-order valence-electron chi connectivity index (χ1n) is 7.68. The molecule has 0 aliphatic carbocycles. The summed E-state index contributed by atoms with van der Waals surface area (Å²) in [7, 11) is -0.874. The fourth-order valence-electron chi connectivity index (χ4n) is 2.71. The molecule has 2 heterocycles. The number of hydrogen-bond acceptors (Lipinski definition) is 4. The smallest absolute Gasteiger partial charge is 0.465 e. The van der Waals surface area contributed by atoms with Gasteiger partial charge in [-0.1, -0.05) is 12.1 Å². The van der Waals surface area contributed by atoms with Gasteiger partial charge in [-0.15, -0.1) is 0 Å². The largest absolute Gasteiger partial charge is 0.497 e. The Labute approximate surface area is 143 Å². The van der Waals surface area contributed by atoms with Gasteiger partial charge in [-0.3, -0.25) is 9.88 Å². The summed E-state index contributed by atoms with van der Waals surface area (Å²) in [6.07, 6.45) is -1.48. The number of hydrogen-bond donors (Lipinski definition) is 2. The highest BCUT2D eigenvalue weighted by atomic mass is 19.3. The Morgan fingerprint density at radius 2 is 1.88 bits per heavy atom. The number of imidazole rings is 1. The van der Waals surface area contributed by atoms with Crippen LogP contribution in [0.2, 0.25) is 0 Å². The minimum atomic E-state index is -2.99. The maximum Gasteiger partial charge on any atom is 0.497 e. The van der Waals surface area contributed by atoms with Crippen LogP contribution >= 0.6 is 0 Å². The summed E-state index contributed by atoms with van der Waals surface area (Å²) in [4.78, 5) is 14.8. The lowest BCUT2D eigenvalue weighted by Gasteiger charge is -2.32. The van der Waals surface area contributed by atoms with Crippen LogP contribution in [0.3, 0.4) is 0 Å². The minimum Gasteiger partial charge on any atom is -0.465 e. The van der Waals surface area contributed by atoms with Crippen LogP contribution in [-0.4, -0.2) is 39.1 Å². The lowest BCUT2D eigenvalue weighted by atomic mass is 9.78. The lowest BCUT2D eigenvalue weighted by molar-refractivity contribution is 0.00578. The van der Waals surface area contributed by atoms with Gasteiger partial charge in [0.05, 0.1) is 22.2 Å². The second-order valence-electron chi connectivity index (χ2n) is 6.82. The van der Waals surface area contributed by atoms with Crippen molar-refractivity contribution >= 4 is 35.7 Å². The van der Waals surface area contributed by atoms with Crippen molar-refractivity contribution in [2.45, 2.75) is 45.4 Å². The van der Waals surface area contributed by atoms with Crippen LogP contribution in [-0.2, 0) is 9.31 Å². The summed E-state index contributed by atoms with van der Waals surface area (Å²) in [5.74, 6) is -0.457. The molecule has 25 heavy (non-hydrogen) atoms. The van der Waals surface area contributed by atoms with Gasteiger partial charge in [-0.05, 0) is 33.8 Å². The van der Waals surface area contributed by atoms with Gasteiger partial charge in [0.25, 0.3) is 0 Å². The first kappa shape index (κ1) is 17.6. The quantitative estimate of drug-likeness (QED) is 0.829. The third-order valence-electron chi connectivity index (χ3n) is 4.66. The molecule has 1 fully saturated rings. The predicted octanol–water partition coefficient (Wildman–Crippen LogP) is 2.82. The molecule has 0 saturated carbocycles. The van der Waals surface area contributed by atoms with Crippen LogP contribution < -0.4 is 10.8 Å². The zero-order valence-electron chi connectivity index (χ0n) is 14.2. The van der Waals surface area contributed by atoms with Gasteiger partial charge < -0.3 is 14.4 Å². The van der Waals surface area contributed by atoms with Gasteiger partial charge in [0.15, 0.2) is 0 Å². The monoisotopic (exact) mass is 353 g/mol. The standard InChI is InChI=1S/C15H18BF2N3O4/c1-14(2)15(3,4)25-16(24-14)8-6-5-7-9-10(8)21(11(17)18)12(19-9)20-13(22)23/h5-7,11H,1-4H3,(H,19,20)(H,22,23). The summed E-state index contributed by atoms with van der Waals surface area (Å²) < 4.78 is 39.6. The van der Waals surface area contributed by atoms with Gasteiger partial charge in [0.2, 0.25) is 5.95 Å². The molecule has 0 radical (unpaired) electrons. The lowest BCUT2D eigenvalue weighted by Crippen LogP contribution is -2.41. The molecule has 1 aliphatic rings. The fraction of sp³-hybridized carbons (Fsp3) is 0.467. The minimum absolute atomic E-state index is 0.0692. The summed E-state index contributed by atoms with van der Waals surface area (Å²) in [5, 5.41) is 10.8. The molecular formula is C15H18BF2N3O4. The summed E-state index contributed by atoms with van der Waals surface area (Å²) in [6.45, 7) is 4.43. The first-order chi connectivity index (χ1) is 11.5. The van der Waals surface area contributed by atoms with E-state index < -0.39 is 36.9 Å². The van der Waals surface area contributed by atoms with Gasteiger partial charge in [0.1, 0.15) is 0 Å². The zero-order chi connectivity index (χ0) is 18.6. The molecule has 0 spiro atoms. The van der Waals surface area contributed by atoms with E-state index in [0.29, 0.717) is 10.0 Å². The Kier molecular flexibility index (Phi) is 4.00. The summed E-state index contributed by atoms with van der Waals surface area (Å²) in [6, 6.07) is 4.77. The van der Waals surface area contributed by atoms with E-state index in [0.717, 1.165) is 0 Å². The number of alkyl halides is 2. The van der Waals surface area contributed by atoms with E-state index in [9.17, 15) is 13.6 Å². The number of benzene rings is 1. The number of carbonyl (C=O) groups is 1. The van der Waals surface area contributed by atoms with E-state index in [1.807, 2.05) is 33.0 Å². The maximum atomic E-state index is 13.6. The number of anilines is 1. The van der Waals surface area contributed by atoms with E-state index in [1.54, 1.807) is 12.1 Å². The van der Waals surface area contributed by atoms with Crippen molar-refractivity contribution in [1.29, 1.82) is 0 Å². The van der Waals surface area contributed by atoms with Crippen molar-refractivity contribution in [3.05, 3.63) is 18.2 Å². The van der Waals surface area contributed by atoms with Crippen molar-refractivity contribution in [3.63, 3.8) is 0 Å². The van der Waals surface area contributed by atoms with Crippen LogP contribution in [0.4, 0.5) is 19.5 Å². The number of halogens is 2. The van der Waals surface area contributed by atoms with Crippen molar-refractivity contribution in [2.75, 3.05) is 5.32 Å². The molecule has 3 rings (SSSR count). The van der Waals surface area contributed by atoms with E-state index in [4.69, 9.17) is 14.4 Å². The first-order valence-corrected chi connectivity index (χ1v) is 7.68. The number of aromatic nitrogens is 2. The molecule has 1 amide bonds. The number of para-hydroxylation sites is 1. The normalized spacial score (nSPS) is 18.9. The van der Waals surface area contributed by atoms with Crippen LogP contribution in [0.25, 0.3) is 11.0 Å². The maximum absolute atomic E-state index is 13.6. The number of rotatable bonds is 3. The molecule has 1 aromatic heterocycles. The van der Waals surface area contributed by atoms with Crippen molar-refractivity contribution < 1.29 is 28.0 Å². The molecular weight excluding hydrogens is 335 g/mol. The summed E-state index contributed by atoms with van der Waals surface area (Å²) >= 11 is 0. The highest BCUT2D eigenvalue weighted by Crippen LogP contribution is 2.37. The third kappa shape index (κ3) is 2.85. The van der Waals surface area contributed by atoms with Gasteiger partial charge in [-0.2, -0.15) is 8.78 Å². The Morgan fingerprint density at radius 1 is 1.28 bits per heavy atom. The Bertz CT molecular complexity index is 822. The molecule has 1 aromatic carbocycles. The number of nitrogens with one attached hydrogen (secondary N) is 1. The highest BCUT2D eigenvalue weighted by Gasteiger charge is 2.52. The van der Waals surface area contributed by atoms with E-state index in [2.05, 4.69) is 4.98 Å². The van der Waals surface area contributed by atoms with Crippen LogP contribution in [0, 0.1) is 0 Å². The third-order valence-corrected chi connectivity index (χ3v) is 4.66. The topological polar surface area (TPSA) is 85.6 Å². The fourth-order valence-corrected chi connectivity index (χ4v) is 2.71. The van der Waals surface area contributed by atoms with Crippen molar-refractivity contribution in [3.8, 4) is 0 Å². The van der Waals surface area contributed by atoms with E-state index >= 15 is 0 Å². The highest BCUT2D eigenvalue weighted by molar-refractivity contribution is 6.65. The average molecular weight is 353 g/mol. The average Bonchev–Trinajstić information content (AvgIpc) is 2.91. The molecule has 0 atom stereocenters.